The van der Waals surface area contributed by atoms with E-state index < -0.39 is 6.10 Å². The van der Waals surface area contributed by atoms with Crippen LogP contribution in [0.15, 0.2) is 18.3 Å². The minimum Gasteiger partial charge on any atom is -0.389 e. The summed E-state index contributed by atoms with van der Waals surface area (Å²) in [5.41, 5.74) is 2.15. The van der Waals surface area contributed by atoms with Gasteiger partial charge in [0, 0.05) is 18.8 Å². The molecule has 0 saturated carbocycles. The molecule has 4 nitrogen and oxygen atoms in total. The van der Waals surface area contributed by atoms with Gasteiger partial charge in [-0.1, -0.05) is 13.8 Å². The summed E-state index contributed by atoms with van der Waals surface area (Å²) in [5, 5.41) is 9.68. The molecule has 0 amide bonds. The Morgan fingerprint density at radius 2 is 2.29 bits per heavy atom. The first-order valence-electron chi connectivity index (χ1n) is 6.13. The molecule has 0 unspecified atom stereocenters. The van der Waals surface area contributed by atoms with Crippen molar-refractivity contribution in [1.29, 1.82) is 0 Å². The average Bonchev–Trinajstić information content (AvgIpc) is 2.54. The molecular formula is C13H20N2O2. The minimum atomic E-state index is -0.415. The van der Waals surface area contributed by atoms with Gasteiger partial charge in [0.2, 0.25) is 0 Å². The number of aromatic nitrogens is 1. The molecule has 1 aromatic heterocycles. The Morgan fingerprint density at radius 3 is 2.94 bits per heavy atom. The SMILES string of the molecule is CC(C)c1ccc(N2CCOC[C@@H](O)C2)cn1. The van der Waals surface area contributed by atoms with E-state index in [0.29, 0.717) is 25.7 Å². The predicted molar refractivity (Wildman–Crippen MR) is 67.4 cm³/mol. The normalized spacial score (nSPS) is 21.6. The van der Waals surface area contributed by atoms with Gasteiger partial charge in [-0.25, -0.2) is 0 Å². The molecule has 94 valence electrons. The van der Waals surface area contributed by atoms with Gasteiger partial charge in [-0.05, 0) is 18.1 Å². The molecule has 0 radical (unpaired) electrons. The Labute approximate surface area is 102 Å². The number of β-amino-alcohol motifs (C(OH)–C–C–N with tert-alkyl or cyclic N) is 1. The van der Waals surface area contributed by atoms with Gasteiger partial charge >= 0.3 is 0 Å². The van der Waals surface area contributed by atoms with Crippen LogP contribution in [-0.4, -0.2) is 42.5 Å². The summed E-state index contributed by atoms with van der Waals surface area (Å²) in [6, 6.07) is 4.12. The van der Waals surface area contributed by atoms with Crippen LogP contribution in [0.5, 0.6) is 0 Å². The fraction of sp³-hybridized carbons (Fsp3) is 0.615. The first-order chi connectivity index (χ1) is 8.16. The molecular weight excluding hydrogens is 216 g/mol. The van der Waals surface area contributed by atoms with Crippen LogP contribution in [0.3, 0.4) is 0 Å². The van der Waals surface area contributed by atoms with E-state index in [1.807, 2.05) is 6.20 Å². The summed E-state index contributed by atoms with van der Waals surface area (Å²) >= 11 is 0. The van der Waals surface area contributed by atoms with Crippen LogP contribution < -0.4 is 4.90 Å². The van der Waals surface area contributed by atoms with Crippen molar-refractivity contribution in [3.8, 4) is 0 Å². The van der Waals surface area contributed by atoms with Crippen molar-refractivity contribution in [3.05, 3.63) is 24.0 Å². The van der Waals surface area contributed by atoms with Crippen LogP contribution in [0.1, 0.15) is 25.5 Å². The Hall–Kier alpha value is -1.13. The van der Waals surface area contributed by atoms with Gasteiger partial charge in [0.25, 0.3) is 0 Å². The van der Waals surface area contributed by atoms with Crippen LogP contribution in [0.25, 0.3) is 0 Å². The van der Waals surface area contributed by atoms with E-state index in [1.54, 1.807) is 0 Å². The molecule has 17 heavy (non-hydrogen) atoms. The molecule has 1 aromatic rings. The number of aliphatic hydroxyl groups excluding tert-OH is 1. The number of pyridine rings is 1. The highest BCUT2D eigenvalue weighted by molar-refractivity contribution is 5.45. The lowest BCUT2D eigenvalue weighted by atomic mass is 10.1. The number of aliphatic hydroxyl groups is 1. The number of anilines is 1. The lowest BCUT2D eigenvalue weighted by Crippen LogP contribution is -2.32. The van der Waals surface area contributed by atoms with Crippen molar-refractivity contribution >= 4 is 5.69 Å². The summed E-state index contributed by atoms with van der Waals surface area (Å²) in [5.74, 6) is 0.446. The summed E-state index contributed by atoms with van der Waals surface area (Å²) in [6.07, 6.45) is 1.47. The van der Waals surface area contributed by atoms with Gasteiger partial charge in [0.05, 0.1) is 31.2 Å². The summed E-state index contributed by atoms with van der Waals surface area (Å²) in [7, 11) is 0. The first-order valence-corrected chi connectivity index (χ1v) is 6.13. The van der Waals surface area contributed by atoms with Crippen LogP contribution >= 0.6 is 0 Å². The largest absolute Gasteiger partial charge is 0.389 e. The predicted octanol–water partition coefficient (Wildman–Crippen LogP) is 1.40. The number of nitrogens with zero attached hydrogens (tertiary/aromatic N) is 2. The summed E-state index contributed by atoms with van der Waals surface area (Å²) < 4.78 is 5.31. The Balaban J connectivity index is 2.10. The average molecular weight is 236 g/mol. The highest BCUT2D eigenvalue weighted by Gasteiger charge is 2.16. The van der Waals surface area contributed by atoms with Crippen molar-refractivity contribution in [2.75, 3.05) is 31.2 Å². The minimum absolute atomic E-state index is 0.415. The third-order valence-corrected chi connectivity index (χ3v) is 2.97. The molecule has 0 bridgehead atoms. The molecule has 0 spiro atoms. The van der Waals surface area contributed by atoms with Gasteiger partial charge in [-0.2, -0.15) is 0 Å². The lowest BCUT2D eigenvalue weighted by molar-refractivity contribution is 0.0597. The van der Waals surface area contributed by atoms with Crippen molar-refractivity contribution in [2.45, 2.75) is 25.9 Å². The van der Waals surface area contributed by atoms with Gasteiger partial charge in [0.1, 0.15) is 0 Å². The first kappa shape index (κ1) is 12.3. The summed E-state index contributed by atoms with van der Waals surface area (Å²) in [6.45, 7) is 6.76. The van der Waals surface area contributed by atoms with Gasteiger partial charge in [0.15, 0.2) is 0 Å². The fourth-order valence-corrected chi connectivity index (χ4v) is 1.95. The molecule has 2 rings (SSSR count). The van der Waals surface area contributed by atoms with Crippen LogP contribution in [0, 0.1) is 0 Å². The van der Waals surface area contributed by atoms with E-state index in [4.69, 9.17) is 4.74 Å². The molecule has 2 heterocycles. The molecule has 1 atom stereocenters. The van der Waals surface area contributed by atoms with Crippen LogP contribution in [-0.2, 0) is 4.74 Å². The van der Waals surface area contributed by atoms with Crippen molar-refractivity contribution in [1.82, 2.24) is 4.98 Å². The quantitative estimate of drug-likeness (QED) is 0.843. The molecule has 0 aromatic carbocycles. The standard InChI is InChI=1S/C13H20N2O2/c1-10(2)13-4-3-11(7-14-13)15-5-6-17-9-12(16)8-15/h3-4,7,10,12,16H,5-6,8-9H2,1-2H3/t12-/m0/s1. The third-order valence-electron chi connectivity index (χ3n) is 2.97. The highest BCUT2D eigenvalue weighted by Crippen LogP contribution is 2.18. The zero-order valence-electron chi connectivity index (χ0n) is 10.5. The van der Waals surface area contributed by atoms with E-state index in [-0.39, 0.29) is 0 Å². The Bertz CT molecular complexity index is 351. The second-order valence-electron chi connectivity index (χ2n) is 4.77. The maximum atomic E-state index is 9.68. The van der Waals surface area contributed by atoms with E-state index in [2.05, 4.69) is 35.9 Å². The van der Waals surface area contributed by atoms with Crippen molar-refractivity contribution < 1.29 is 9.84 Å². The molecule has 1 aliphatic heterocycles. The molecule has 1 N–H and O–H groups in total. The zero-order valence-corrected chi connectivity index (χ0v) is 10.5. The van der Waals surface area contributed by atoms with Crippen molar-refractivity contribution in [3.63, 3.8) is 0 Å². The van der Waals surface area contributed by atoms with Crippen LogP contribution in [0.2, 0.25) is 0 Å². The van der Waals surface area contributed by atoms with E-state index in [9.17, 15) is 5.11 Å². The second kappa shape index (κ2) is 5.47. The lowest BCUT2D eigenvalue weighted by Gasteiger charge is -2.23. The van der Waals surface area contributed by atoms with Gasteiger partial charge in [-0.3, -0.25) is 4.98 Å². The van der Waals surface area contributed by atoms with Gasteiger partial charge in [-0.15, -0.1) is 0 Å². The van der Waals surface area contributed by atoms with E-state index in [1.165, 1.54) is 0 Å². The topological polar surface area (TPSA) is 45.6 Å². The second-order valence-corrected chi connectivity index (χ2v) is 4.77. The zero-order chi connectivity index (χ0) is 12.3. The van der Waals surface area contributed by atoms with Gasteiger partial charge < -0.3 is 14.7 Å². The monoisotopic (exact) mass is 236 g/mol. The Kier molecular flexibility index (Phi) is 3.97. The van der Waals surface area contributed by atoms with Crippen LogP contribution in [0.4, 0.5) is 5.69 Å². The molecule has 4 heteroatoms. The molecule has 1 fully saturated rings. The van der Waals surface area contributed by atoms with Crippen molar-refractivity contribution in [2.24, 2.45) is 0 Å². The number of rotatable bonds is 2. The Morgan fingerprint density at radius 1 is 1.47 bits per heavy atom. The molecule has 1 aliphatic rings. The number of hydrogen-bond donors (Lipinski definition) is 1. The van der Waals surface area contributed by atoms with E-state index in [0.717, 1.165) is 17.9 Å². The third kappa shape index (κ3) is 3.17. The van der Waals surface area contributed by atoms with E-state index >= 15 is 0 Å². The highest BCUT2D eigenvalue weighted by atomic mass is 16.5. The number of hydrogen-bond acceptors (Lipinski definition) is 4. The summed E-state index contributed by atoms with van der Waals surface area (Å²) in [4.78, 5) is 6.56. The molecule has 0 aliphatic carbocycles. The molecule has 1 saturated heterocycles. The fourth-order valence-electron chi connectivity index (χ4n) is 1.95. The number of ether oxygens (including phenoxy) is 1. The maximum absolute atomic E-state index is 9.68. The maximum Gasteiger partial charge on any atom is 0.0948 e. The smallest absolute Gasteiger partial charge is 0.0948 e.